The van der Waals surface area contributed by atoms with E-state index in [0.717, 1.165) is 6.54 Å². The Labute approximate surface area is 103 Å². The van der Waals surface area contributed by atoms with Gasteiger partial charge in [0.25, 0.3) is 0 Å². The largest absolute Gasteiger partial charge is 0.299 e. The molecule has 0 aliphatic carbocycles. The quantitative estimate of drug-likeness (QED) is 0.738. The Balaban J connectivity index is 1.92. The Hall–Kier alpha value is -1.15. The number of carbonyl (C=O) groups excluding carboxylic acids is 1. The number of fused-ring (bicyclic) bond motifs is 1. The topological polar surface area (TPSA) is 20.3 Å². The molecule has 1 aromatic carbocycles. The molecule has 0 amide bonds. The van der Waals surface area contributed by atoms with E-state index in [1.807, 2.05) is 6.07 Å². The van der Waals surface area contributed by atoms with E-state index in [9.17, 15) is 4.79 Å². The highest BCUT2D eigenvalue weighted by Crippen LogP contribution is 2.40. The molecule has 0 radical (unpaired) electrons. The van der Waals surface area contributed by atoms with Crippen LogP contribution in [0.1, 0.15) is 37.8 Å². The van der Waals surface area contributed by atoms with Crippen LogP contribution in [-0.2, 0) is 4.79 Å². The minimum atomic E-state index is 0.234. The average molecular weight is 229 g/mol. The van der Waals surface area contributed by atoms with E-state index in [1.165, 1.54) is 18.4 Å². The van der Waals surface area contributed by atoms with Gasteiger partial charge in [0.05, 0.1) is 0 Å². The number of Topliss-reactive ketones (excluding diaryl/α,β-unsaturated/α-hetero) is 1. The van der Waals surface area contributed by atoms with Gasteiger partial charge in [-0.3, -0.25) is 9.69 Å². The van der Waals surface area contributed by atoms with Crippen LogP contribution in [0.2, 0.25) is 0 Å². The van der Waals surface area contributed by atoms with Crippen molar-refractivity contribution < 1.29 is 4.79 Å². The molecule has 2 fully saturated rings. The molecule has 3 atom stereocenters. The predicted octanol–water partition coefficient (Wildman–Crippen LogP) is 2.80. The molecule has 90 valence electrons. The summed E-state index contributed by atoms with van der Waals surface area (Å²) in [6, 6.07) is 11.3. The number of ketones is 1. The summed E-state index contributed by atoms with van der Waals surface area (Å²) in [5, 5.41) is 0. The first-order valence-corrected chi connectivity index (χ1v) is 6.61. The molecule has 0 bridgehead atoms. The van der Waals surface area contributed by atoms with Crippen molar-refractivity contribution in [2.24, 2.45) is 5.92 Å². The number of piperidine rings is 1. The van der Waals surface area contributed by atoms with E-state index in [4.69, 9.17) is 0 Å². The highest BCUT2D eigenvalue weighted by atomic mass is 16.1. The van der Waals surface area contributed by atoms with Gasteiger partial charge in [-0.1, -0.05) is 37.3 Å². The van der Waals surface area contributed by atoms with Crippen molar-refractivity contribution in [3.05, 3.63) is 35.9 Å². The van der Waals surface area contributed by atoms with E-state index in [-0.39, 0.29) is 5.92 Å². The maximum Gasteiger partial charge on any atom is 0.139 e. The van der Waals surface area contributed by atoms with E-state index in [2.05, 4.69) is 36.1 Å². The molecule has 0 aromatic heterocycles. The van der Waals surface area contributed by atoms with Crippen LogP contribution in [0.3, 0.4) is 0 Å². The van der Waals surface area contributed by atoms with Gasteiger partial charge >= 0.3 is 0 Å². The van der Waals surface area contributed by atoms with Gasteiger partial charge in [-0.25, -0.2) is 0 Å². The second-order valence-corrected chi connectivity index (χ2v) is 5.33. The summed E-state index contributed by atoms with van der Waals surface area (Å²) in [7, 11) is 0. The van der Waals surface area contributed by atoms with Crippen molar-refractivity contribution in [1.82, 2.24) is 4.90 Å². The van der Waals surface area contributed by atoms with Gasteiger partial charge in [-0.15, -0.1) is 0 Å². The second-order valence-electron chi connectivity index (χ2n) is 5.33. The third-order valence-corrected chi connectivity index (χ3v) is 4.41. The molecular weight excluding hydrogens is 210 g/mol. The fourth-order valence-corrected chi connectivity index (χ4v) is 3.43. The first kappa shape index (κ1) is 11.0. The Morgan fingerprint density at radius 3 is 2.76 bits per heavy atom. The van der Waals surface area contributed by atoms with Crippen LogP contribution >= 0.6 is 0 Å². The molecule has 2 aliphatic heterocycles. The maximum atomic E-state index is 12.1. The van der Waals surface area contributed by atoms with Gasteiger partial charge in [-0.05, 0) is 24.9 Å². The fourth-order valence-electron chi connectivity index (χ4n) is 3.43. The van der Waals surface area contributed by atoms with E-state index >= 15 is 0 Å². The molecule has 0 spiro atoms. The predicted molar refractivity (Wildman–Crippen MR) is 67.7 cm³/mol. The van der Waals surface area contributed by atoms with Crippen molar-refractivity contribution in [2.45, 2.75) is 38.3 Å². The Kier molecular flexibility index (Phi) is 2.75. The SMILES string of the molecule is C[C@@H]1C(=O)C[C@@H](c2ccccc2)N2CCC[C@@H]12. The molecule has 0 saturated carbocycles. The van der Waals surface area contributed by atoms with Gasteiger partial charge in [0.15, 0.2) is 0 Å². The van der Waals surface area contributed by atoms with Crippen molar-refractivity contribution in [2.75, 3.05) is 6.54 Å². The Morgan fingerprint density at radius 1 is 1.24 bits per heavy atom. The first-order valence-electron chi connectivity index (χ1n) is 6.61. The number of hydrogen-bond donors (Lipinski definition) is 0. The third-order valence-electron chi connectivity index (χ3n) is 4.41. The van der Waals surface area contributed by atoms with Gasteiger partial charge in [0, 0.05) is 24.4 Å². The van der Waals surface area contributed by atoms with E-state index < -0.39 is 0 Å². The van der Waals surface area contributed by atoms with Crippen LogP contribution in [0.25, 0.3) is 0 Å². The smallest absolute Gasteiger partial charge is 0.139 e. The Bertz CT molecular complexity index is 414. The lowest BCUT2D eigenvalue weighted by Gasteiger charge is -2.40. The van der Waals surface area contributed by atoms with Crippen LogP contribution in [0.5, 0.6) is 0 Å². The van der Waals surface area contributed by atoms with E-state index in [0.29, 0.717) is 24.3 Å². The summed E-state index contributed by atoms with van der Waals surface area (Å²) in [5.41, 5.74) is 1.31. The van der Waals surface area contributed by atoms with Crippen LogP contribution in [0.15, 0.2) is 30.3 Å². The van der Waals surface area contributed by atoms with Gasteiger partial charge in [0.2, 0.25) is 0 Å². The van der Waals surface area contributed by atoms with E-state index in [1.54, 1.807) is 0 Å². The monoisotopic (exact) mass is 229 g/mol. The molecule has 2 nitrogen and oxygen atoms in total. The zero-order chi connectivity index (χ0) is 11.8. The van der Waals surface area contributed by atoms with Crippen molar-refractivity contribution in [3.8, 4) is 0 Å². The molecule has 2 heterocycles. The lowest BCUT2D eigenvalue weighted by atomic mass is 9.84. The third kappa shape index (κ3) is 1.81. The van der Waals surface area contributed by atoms with Gasteiger partial charge in [-0.2, -0.15) is 0 Å². The number of hydrogen-bond acceptors (Lipinski definition) is 2. The standard InChI is InChI=1S/C15H19NO/c1-11-13-8-5-9-16(13)14(10-15(11)17)12-6-3-2-4-7-12/h2-4,6-7,11,13-14H,5,8-10H2,1H3/t11-,13-,14-/m0/s1. The molecule has 2 aliphatic rings. The van der Waals surface area contributed by atoms with Crippen LogP contribution in [0.4, 0.5) is 0 Å². The molecular formula is C15H19NO. The summed E-state index contributed by atoms with van der Waals surface area (Å²) in [4.78, 5) is 14.7. The summed E-state index contributed by atoms with van der Waals surface area (Å²) in [6.45, 7) is 3.26. The highest BCUT2D eigenvalue weighted by molar-refractivity contribution is 5.83. The van der Waals surface area contributed by atoms with Crippen molar-refractivity contribution in [3.63, 3.8) is 0 Å². The zero-order valence-corrected chi connectivity index (χ0v) is 10.3. The summed E-state index contributed by atoms with van der Waals surface area (Å²) in [5.74, 6) is 0.680. The maximum absolute atomic E-state index is 12.1. The van der Waals surface area contributed by atoms with Crippen LogP contribution in [-0.4, -0.2) is 23.3 Å². The zero-order valence-electron chi connectivity index (χ0n) is 10.3. The number of nitrogens with zero attached hydrogens (tertiary/aromatic N) is 1. The second kappa shape index (κ2) is 4.26. The molecule has 1 aromatic rings. The van der Waals surface area contributed by atoms with Gasteiger partial charge in [0.1, 0.15) is 5.78 Å². The molecule has 2 saturated heterocycles. The summed E-state index contributed by atoms with van der Waals surface area (Å²) >= 11 is 0. The normalized spacial score (nSPS) is 33.7. The fraction of sp³-hybridized carbons (Fsp3) is 0.533. The number of carbonyl (C=O) groups is 1. The minimum absolute atomic E-state index is 0.234. The molecule has 3 rings (SSSR count). The average Bonchev–Trinajstić information content (AvgIpc) is 2.84. The van der Waals surface area contributed by atoms with Crippen LogP contribution < -0.4 is 0 Å². The van der Waals surface area contributed by atoms with Gasteiger partial charge < -0.3 is 0 Å². The minimum Gasteiger partial charge on any atom is -0.299 e. The van der Waals surface area contributed by atoms with Crippen molar-refractivity contribution >= 4 is 5.78 Å². The lowest BCUT2D eigenvalue weighted by molar-refractivity contribution is -0.129. The van der Waals surface area contributed by atoms with Crippen molar-refractivity contribution in [1.29, 1.82) is 0 Å². The lowest BCUT2D eigenvalue weighted by Crippen LogP contribution is -2.46. The molecule has 2 heteroatoms. The van der Waals surface area contributed by atoms with Crippen LogP contribution in [0, 0.1) is 5.92 Å². The number of rotatable bonds is 1. The molecule has 0 N–H and O–H groups in total. The summed E-state index contributed by atoms with van der Waals surface area (Å²) in [6.07, 6.45) is 3.13. The summed E-state index contributed by atoms with van der Waals surface area (Å²) < 4.78 is 0. The molecule has 0 unspecified atom stereocenters. The highest BCUT2D eigenvalue weighted by Gasteiger charge is 2.42. The Morgan fingerprint density at radius 2 is 2.00 bits per heavy atom. The first-order chi connectivity index (χ1) is 8.27. The number of benzene rings is 1. The molecule has 17 heavy (non-hydrogen) atoms.